The summed E-state index contributed by atoms with van der Waals surface area (Å²) in [5.74, 6) is -0.0424. The minimum absolute atomic E-state index is 0.0537. The van der Waals surface area contributed by atoms with E-state index in [0.29, 0.717) is 35.5 Å². The molecule has 3 N–H and O–H groups in total. The van der Waals surface area contributed by atoms with Crippen LogP contribution in [0.3, 0.4) is 0 Å². The molecule has 0 aliphatic heterocycles. The third-order valence-corrected chi connectivity index (χ3v) is 4.91. The summed E-state index contributed by atoms with van der Waals surface area (Å²) in [4.78, 5) is 4.10. The highest BCUT2D eigenvalue weighted by molar-refractivity contribution is 6.00. The number of pyridine rings is 1. The number of halogens is 3. The van der Waals surface area contributed by atoms with E-state index >= 15 is 0 Å². The zero-order valence-corrected chi connectivity index (χ0v) is 14.6. The first-order chi connectivity index (χ1) is 13.3. The summed E-state index contributed by atoms with van der Waals surface area (Å²) in [6, 6.07) is 4.48. The lowest BCUT2D eigenvalue weighted by molar-refractivity contribution is -0.137. The maximum Gasteiger partial charge on any atom is 0.416 e. The Kier molecular flexibility index (Phi) is 4.54. The molecule has 9 heteroatoms. The third-order valence-electron chi connectivity index (χ3n) is 4.91. The van der Waals surface area contributed by atoms with Gasteiger partial charge in [0.2, 0.25) is 0 Å². The molecule has 2 heterocycles. The smallest absolute Gasteiger partial charge is 0.416 e. The Morgan fingerprint density at radius 2 is 1.89 bits per heavy atom. The number of alkyl halides is 3. The number of aromatic nitrogens is 3. The van der Waals surface area contributed by atoms with Gasteiger partial charge >= 0.3 is 6.18 Å². The lowest BCUT2D eigenvalue weighted by Crippen LogP contribution is -2.18. The van der Waals surface area contributed by atoms with E-state index in [1.807, 2.05) is 0 Å². The summed E-state index contributed by atoms with van der Waals surface area (Å²) in [6.07, 6.45) is 0.335. The van der Waals surface area contributed by atoms with E-state index in [-0.39, 0.29) is 23.4 Å². The molecule has 0 radical (unpaired) electrons. The highest BCUT2D eigenvalue weighted by Gasteiger charge is 2.31. The maximum atomic E-state index is 12.9. The van der Waals surface area contributed by atoms with E-state index in [2.05, 4.69) is 20.5 Å². The molecule has 1 aliphatic rings. The van der Waals surface area contributed by atoms with Gasteiger partial charge in [-0.1, -0.05) is 0 Å². The van der Waals surface area contributed by atoms with Crippen molar-refractivity contribution in [3.05, 3.63) is 42.2 Å². The quantitative estimate of drug-likeness (QED) is 0.631. The van der Waals surface area contributed by atoms with Crippen molar-refractivity contribution in [3.8, 4) is 17.0 Å². The molecule has 146 valence electrons. The molecule has 0 bridgehead atoms. The normalized spacial score (nSPS) is 19.9. The number of anilines is 1. The number of rotatable bonds is 3. The first kappa shape index (κ1) is 18.4. The van der Waals surface area contributed by atoms with Crippen molar-refractivity contribution >= 4 is 16.6 Å². The Morgan fingerprint density at radius 1 is 1.07 bits per heavy atom. The van der Waals surface area contributed by atoms with E-state index in [1.165, 1.54) is 12.3 Å². The maximum absolute atomic E-state index is 12.9. The van der Waals surface area contributed by atoms with Gasteiger partial charge in [-0.3, -0.25) is 4.98 Å². The Bertz CT molecular complexity index is 1030. The van der Waals surface area contributed by atoms with Crippen molar-refractivity contribution < 1.29 is 23.4 Å². The Balaban J connectivity index is 1.76. The van der Waals surface area contributed by atoms with Gasteiger partial charge in [-0.25, -0.2) is 0 Å². The van der Waals surface area contributed by atoms with Gasteiger partial charge in [0.25, 0.3) is 0 Å². The van der Waals surface area contributed by atoms with Crippen molar-refractivity contribution in [2.24, 2.45) is 0 Å². The number of hydrogen-bond donors (Lipinski definition) is 3. The summed E-state index contributed by atoms with van der Waals surface area (Å²) < 4.78 is 38.6. The van der Waals surface area contributed by atoms with E-state index in [4.69, 9.17) is 0 Å². The van der Waals surface area contributed by atoms with Crippen LogP contribution < -0.4 is 5.32 Å². The number of fused-ring (bicyclic) bond motifs is 1. The predicted molar refractivity (Wildman–Crippen MR) is 96.7 cm³/mol. The molecular formula is C19H17F3N4O2. The summed E-state index contributed by atoms with van der Waals surface area (Å²) in [6.45, 7) is 0. The van der Waals surface area contributed by atoms with E-state index < -0.39 is 17.5 Å². The topological polar surface area (TPSA) is 91.2 Å². The molecule has 0 unspecified atom stereocenters. The van der Waals surface area contributed by atoms with Crippen molar-refractivity contribution in [2.45, 2.75) is 37.6 Å². The zero-order valence-electron chi connectivity index (χ0n) is 14.6. The van der Waals surface area contributed by atoms with Crippen LogP contribution in [0.5, 0.6) is 5.75 Å². The summed E-state index contributed by atoms with van der Waals surface area (Å²) in [7, 11) is 0. The molecule has 1 saturated carbocycles. The molecule has 4 rings (SSSR count). The van der Waals surface area contributed by atoms with Crippen molar-refractivity contribution in [3.63, 3.8) is 0 Å². The molecule has 2 atom stereocenters. The number of phenols is 1. The van der Waals surface area contributed by atoms with Crippen LogP contribution in [-0.2, 0) is 6.18 Å². The molecule has 2 aromatic heterocycles. The lowest BCUT2D eigenvalue weighted by Gasteiger charge is -2.16. The fourth-order valence-corrected chi connectivity index (χ4v) is 3.49. The SMILES string of the molecule is Oc1cc(C(F)(F)F)ccc1-c1nnc(N[C@H]2CC[C@H](O)C2)c2cnccc12. The van der Waals surface area contributed by atoms with Gasteiger partial charge in [0.05, 0.1) is 11.7 Å². The molecule has 0 amide bonds. The minimum atomic E-state index is -4.55. The van der Waals surface area contributed by atoms with Crippen LogP contribution in [0.1, 0.15) is 24.8 Å². The Hall–Kier alpha value is -2.94. The highest BCUT2D eigenvalue weighted by atomic mass is 19.4. The van der Waals surface area contributed by atoms with Gasteiger partial charge in [-0.05, 0) is 43.5 Å². The number of aromatic hydroxyl groups is 1. The second-order valence-corrected chi connectivity index (χ2v) is 6.86. The van der Waals surface area contributed by atoms with E-state index in [1.54, 1.807) is 12.3 Å². The number of phenolic OH excluding ortho intramolecular Hbond substituents is 1. The number of aliphatic hydroxyl groups excluding tert-OH is 1. The van der Waals surface area contributed by atoms with Crippen LogP contribution in [0.25, 0.3) is 22.0 Å². The standard InChI is InChI=1S/C19H17F3N4O2/c20-19(21,22)10-1-4-14(16(28)7-10)17-13-5-6-23-9-15(13)18(26-25-17)24-11-2-3-12(27)8-11/h1,4-7,9,11-12,27-28H,2-3,8H2,(H,24,26)/t11-,12-/m0/s1. The Morgan fingerprint density at radius 3 is 2.57 bits per heavy atom. The largest absolute Gasteiger partial charge is 0.507 e. The first-order valence-electron chi connectivity index (χ1n) is 8.78. The molecule has 1 fully saturated rings. The minimum Gasteiger partial charge on any atom is -0.507 e. The average molecular weight is 390 g/mol. The summed E-state index contributed by atoms with van der Waals surface area (Å²) in [5.41, 5.74) is -0.522. The number of nitrogens with zero attached hydrogens (tertiary/aromatic N) is 3. The van der Waals surface area contributed by atoms with Crippen LogP contribution in [0.15, 0.2) is 36.7 Å². The van der Waals surface area contributed by atoms with Gasteiger partial charge in [0.15, 0.2) is 5.82 Å². The number of nitrogens with one attached hydrogen (secondary N) is 1. The van der Waals surface area contributed by atoms with Crippen LogP contribution in [0, 0.1) is 0 Å². The number of hydrogen-bond acceptors (Lipinski definition) is 6. The van der Waals surface area contributed by atoms with Crippen LogP contribution >= 0.6 is 0 Å². The van der Waals surface area contributed by atoms with Crippen molar-refractivity contribution in [1.82, 2.24) is 15.2 Å². The number of aliphatic hydroxyl groups is 1. The fraction of sp³-hybridized carbons (Fsp3) is 0.316. The van der Waals surface area contributed by atoms with Gasteiger partial charge in [-0.2, -0.15) is 13.2 Å². The van der Waals surface area contributed by atoms with Crippen molar-refractivity contribution in [1.29, 1.82) is 0 Å². The monoisotopic (exact) mass is 390 g/mol. The van der Waals surface area contributed by atoms with Crippen molar-refractivity contribution in [2.75, 3.05) is 5.32 Å². The second-order valence-electron chi connectivity index (χ2n) is 6.86. The summed E-state index contributed by atoms with van der Waals surface area (Å²) in [5, 5.41) is 32.7. The van der Waals surface area contributed by atoms with Crippen LogP contribution in [0.2, 0.25) is 0 Å². The summed E-state index contributed by atoms with van der Waals surface area (Å²) >= 11 is 0. The fourth-order valence-electron chi connectivity index (χ4n) is 3.49. The average Bonchev–Trinajstić information content (AvgIpc) is 3.06. The molecule has 1 aliphatic carbocycles. The molecule has 0 spiro atoms. The van der Waals surface area contributed by atoms with Crippen LogP contribution in [-0.4, -0.2) is 37.5 Å². The van der Waals surface area contributed by atoms with Gasteiger partial charge in [0, 0.05) is 34.8 Å². The predicted octanol–water partition coefficient (Wildman–Crippen LogP) is 3.74. The van der Waals surface area contributed by atoms with Crippen LogP contribution in [0.4, 0.5) is 19.0 Å². The number of benzene rings is 1. The van der Waals surface area contributed by atoms with E-state index in [0.717, 1.165) is 12.5 Å². The highest BCUT2D eigenvalue weighted by Crippen LogP contribution is 2.38. The molecule has 0 saturated heterocycles. The molecule has 28 heavy (non-hydrogen) atoms. The van der Waals surface area contributed by atoms with Gasteiger partial charge < -0.3 is 15.5 Å². The molecule has 1 aromatic carbocycles. The molecule has 6 nitrogen and oxygen atoms in total. The molecule has 3 aromatic rings. The third kappa shape index (κ3) is 3.45. The Labute approximate surface area is 158 Å². The molecular weight excluding hydrogens is 373 g/mol. The van der Waals surface area contributed by atoms with Gasteiger partial charge in [0.1, 0.15) is 11.4 Å². The first-order valence-corrected chi connectivity index (χ1v) is 8.78. The van der Waals surface area contributed by atoms with E-state index in [9.17, 15) is 23.4 Å². The van der Waals surface area contributed by atoms with Gasteiger partial charge in [-0.15, -0.1) is 10.2 Å². The second kappa shape index (κ2) is 6.90. The lowest BCUT2D eigenvalue weighted by atomic mass is 10.0. The zero-order chi connectivity index (χ0) is 19.9.